The van der Waals surface area contributed by atoms with Crippen molar-refractivity contribution in [2.45, 2.75) is 252 Å². The molecule has 0 radical (unpaired) electrons. The largest absolute Gasteiger partial charge is 0.465 e. The zero-order valence-corrected chi connectivity index (χ0v) is 41.3. The summed E-state index contributed by atoms with van der Waals surface area (Å²) < 4.78 is 24.9. The summed E-state index contributed by atoms with van der Waals surface area (Å²) in [6.07, 6.45) is 43.3. The SMILES string of the molecule is CCCCCCCCCCNC(CCCC)C(=O)OCCCCCCN(CCCCO)CCCCCCOS(C)(C)OC(CCCCCCC)OCCCCCCCC. The third kappa shape index (κ3) is 41.4. The van der Waals surface area contributed by atoms with Crippen molar-refractivity contribution >= 4 is 16.6 Å². The number of esters is 1. The number of aliphatic hydroxyl groups is 1. The van der Waals surface area contributed by atoms with Crippen LogP contribution < -0.4 is 5.32 Å². The molecule has 0 rings (SSSR count). The van der Waals surface area contributed by atoms with Gasteiger partial charge in [-0.2, -0.15) is 10.6 Å². The number of rotatable bonds is 49. The molecule has 0 aromatic rings. The molecule has 0 spiro atoms. The molecule has 0 aromatic heterocycles. The van der Waals surface area contributed by atoms with Crippen LogP contribution in [0.15, 0.2) is 0 Å². The van der Waals surface area contributed by atoms with Gasteiger partial charge in [0, 0.05) is 32.1 Å². The Hall–Kier alpha value is -0.420. The van der Waals surface area contributed by atoms with Crippen molar-refractivity contribution in [1.82, 2.24) is 10.2 Å². The van der Waals surface area contributed by atoms with Crippen molar-refractivity contribution in [2.24, 2.45) is 0 Å². The summed E-state index contributed by atoms with van der Waals surface area (Å²) >= 11 is 0. The molecule has 0 aromatic carbocycles. The average molecular weight is 861 g/mol. The first-order chi connectivity index (χ1) is 28.8. The average Bonchev–Trinajstić information content (AvgIpc) is 3.22. The first kappa shape index (κ1) is 58.6. The van der Waals surface area contributed by atoms with Gasteiger partial charge in [-0.3, -0.25) is 13.2 Å². The van der Waals surface area contributed by atoms with Crippen LogP contribution >= 0.6 is 10.6 Å². The molecule has 0 saturated heterocycles. The molecule has 2 unspecified atom stereocenters. The molecule has 0 aliphatic carbocycles. The molecule has 0 heterocycles. The molecule has 0 saturated carbocycles. The first-order valence-corrected chi connectivity index (χ1v) is 28.0. The van der Waals surface area contributed by atoms with E-state index in [2.05, 4.69) is 50.4 Å². The van der Waals surface area contributed by atoms with Crippen LogP contribution in [-0.2, 0) is 22.6 Å². The maximum atomic E-state index is 12.9. The van der Waals surface area contributed by atoms with E-state index in [1.54, 1.807) is 0 Å². The molecule has 8 nitrogen and oxygen atoms in total. The molecule has 0 amide bonds. The standard InChI is InChI=1S/C50H104N2O6S/c1-7-11-15-18-20-21-23-30-40-51-48(38-14-10-4)50(54)56-46-36-27-24-31-41-52(43-33-34-44-53)42-32-25-28-37-47-57-59(5,6)58-49(39-29-22-17-13-9-3)55-45-35-26-19-16-12-8-2/h48-49,51,53H,7-47H2,1-6H3. The van der Waals surface area contributed by atoms with Gasteiger partial charge in [0.2, 0.25) is 0 Å². The predicted octanol–water partition coefficient (Wildman–Crippen LogP) is 14.0. The maximum absolute atomic E-state index is 12.9. The fraction of sp³-hybridized carbons (Fsp3) is 0.980. The van der Waals surface area contributed by atoms with Gasteiger partial charge in [0.15, 0.2) is 6.29 Å². The Labute approximate surface area is 370 Å². The molecule has 0 aliphatic heterocycles. The van der Waals surface area contributed by atoms with Gasteiger partial charge in [-0.15, -0.1) is 0 Å². The number of ether oxygens (including phenoxy) is 2. The normalized spacial score (nSPS) is 13.4. The Balaban J connectivity index is 4.38. The Morgan fingerprint density at radius 3 is 1.54 bits per heavy atom. The molecule has 356 valence electrons. The highest BCUT2D eigenvalue weighted by atomic mass is 32.3. The Bertz CT molecular complexity index is 852. The van der Waals surface area contributed by atoms with Gasteiger partial charge in [-0.25, -0.2) is 0 Å². The first-order valence-electron chi connectivity index (χ1n) is 25.7. The van der Waals surface area contributed by atoms with Crippen LogP contribution in [-0.4, -0.2) is 93.4 Å². The minimum atomic E-state index is -1.62. The molecule has 0 aliphatic rings. The number of nitrogens with zero attached hydrogens (tertiary/aromatic N) is 1. The van der Waals surface area contributed by atoms with E-state index in [9.17, 15) is 9.90 Å². The van der Waals surface area contributed by atoms with Crippen molar-refractivity contribution in [2.75, 3.05) is 65.1 Å². The van der Waals surface area contributed by atoms with Gasteiger partial charge in [0.05, 0.1) is 13.2 Å². The highest BCUT2D eigenvalue weighted by Crippen LogP contribution is 2.44. The van der Waals surface area contributed by atoms with Crippen molar-refractivity contribution in [3.05, 3.63) is 0 Å². The van der Waals surface area contributed by atoms with Crippen molar-refractivity contribution < 1.29 is 27.7 Å². The summed E-state index contributed by atoms with van der Waals surface area (Å²) in [5.41, 5.74) is 0. The molecule has 0 bridgehead atoms. The summed E-state index contributed by atoms with van der Waals surface area (Å²) in [6.45, 7) is 15.5. The van der Waals surface area contributed by atoms with E-state index < -0.39 is 10.6 Å². The van der Waals surface area contributed by atoms with Crippen molar-refractivity contribution in [3.8, 4) is 0 Å². The number of unbranched alkanes of at least 4 members (excludes halogenated alkanes) is 24. The molecular formula is C50H104N2O6S. The number of hydrogen-bond acceptors (Lipinski definition) is 8. The molecule has 9 heteroatoms. The molecule has 2 N–H and O–H groups in total. The Morgan fingerprint density at radius 2 is 0.983 bits per heavy atom. The minimum absolute atomic E-state index is 0.0567. The summed E-state index contributed by atoms with van der Waals surface area (Å²) in [4.78, 5) is 15.5. The van der Waals surface area contributed by atoms with E-state index in [0.717, 1.165) is 123 Å². The van der Waals surface area contributed by atoms with E-state index in [1.165, 1.54) is 128 Å². The van der Waals surface area contributed by atoms with E-state index in [4.69, 9.17) is 17.8 Å². The predicted molar refractivity (Wildman–Crippen MR) is 258 cm³/mol. The molecule has 59 heavy (non-hydrogen) atoms. The third-order valence-electron chi connectivity index (χ3n) is 11.5. The summed E-state index contributed by atoms with van der Waals surface area (Å²) in [5.74, 6) is -0.0567. The number of carbonyl (C=O) groups is 1. The maximum Gasteiger partial charge on any atom is 0.323 e. The van der Waals surface area contributed by atoms with Gasteiger partial charge in [-0.1, -0.05) is 169 Å². The van der Waals surface area contributed by atoms with Gasteiger partial charge in [-0.05, 0) is 90.4 Å². The van der Waals surface area contributed by atoms with Crippen LogP contribution in [0.2, 0.25) is 0 Å². The molecule has 0 fully saturated rings. The zero-order chi connectivity index (χ0) is 43.3. The van der Waals surface area contributed by atoms with Gasteiger partial charge in [0.1, 0.15) is 6.04 Å². The van der Waals surface area contributed by atoms with Crippen LogP contribution in [0.25, 0.3) is 0 Å². The van der Waals surface area contributed by atoms with Crippen LogP contribution in [0.4, 0.5) is 0 Å². The van der Waals surface area contributed by atoms with Gasteiger partial charge < -0.3 is 24.8 Å². The summed E-state index contributed by atoms with van der Waals surface area (Å²) in [7, 11) is -1.62. The lowest BCUT2D eigenvalue weighted by Gasteiger charge is -2.38. The van der Waals surface area contributed by atoms with E-state index in [-0.39, 0.29) is 24.9 Å². The van der Waals surface area contributed by atoms with E-state index in [0.29, 0.717) is 6.61 Å². The Kier molecular flexibility index (Phi) is 45.3. The molecule has 2 atom stereocenters. The lowest BCUT2D eigenvalue weighted by molar-refractivity contribution is -0.146. The van der Waals surface area contributed by atoms with Crippen LogP contribution in [0.1, 0.15) is 240 Å². The van der Waals surface area contributed by atoms with Crippen molar-refractivity contribution in [3.63, 3.8) is 0 Å². The number of nitrogens with one attached hydrogen (secondary N) is 1. The Morgan fingerprint density at radius 1 is 0.525 bits per heavy atom. The van der Waals surface area contributed by atoms with Crippen molar-refractivity contribution in [1.29, 1.82) is 0 Å². The van der Waals surface area contributed by atoms with E-state index >= 15 is 0 Å². The van der Waals surface area contributed by atoms with Crippen LogP contribution in [0.5, 0.6) is 0 Å². The van der Waals surface area contributed by atoms with Gasteiger partial charge >= 0.3 is 5.97 Å². The fourth-order valence-electron chi connectivity index (χ4n) is 7.60. The quantitative estimate of drug-likeness (QED) is 0.0355. The highest BCUT2D eigenvalue weighted by molar-refractivity contribution is 8.24. The number of aliphatic hydroxyl groups excluding tert-OH is 1. The second-order valence-corrected chi connectivity index (χ2v) is 20.4. The minimum Gasteiger partial charge on any atom is -0.465 e. The number of carbonyl (C=O) groups excluding carboxylic acids is 1. The van der Waals surface area contributed by atoms with Crippen LogP contribution in [0.3, 0.4) is 0 Å². The van der Waals surface area contributed by atoms with E-state index in [1.807, 2.05) is 0 Å². The molecular weight excluding hydrogens is 757 g/mol. The fourth-order valence-corrected chi connectivity index (χ4v) is 8.85. The second-order valence-electron chi connectivity index (χ2n) is 17.7. The monoisotopic (exact) mass is 861 g/mol. The number of hydrogen-bond donors (Lipinski definition) is 2. The summed E-state index contributed by atoms with van der Waals surface area (Å²) in [6, 6.07) is -0.159. The topological polar surface area (TPSA) is 89.5 Å². The van der Waals surface area contributed by atoms with Crippen LogP contribution in [0, 0.1) is 0 Å². The highest BCUT2D eigenvalue weighted by Gasteiger charge is 2.20. The third-order valence-corrected chi connectivity index (χ3v) is 12.9. The zero-order valence-electron chi connectivity index (χ0n) is 40.5. The lowest BCUT2D eigenvalue weighted by atomic mass is 10.1. The second kappa shape index (κ2) is 45.6. The smallest absolute Gasteiger partial charge is 0.323 e. The lowest BCUT2D eigenvalue weighted by Crippen LogP contribution is -2.38. The van der Waals surface area contributed by atoms with Gasteiger partial charge in [0.25, 0.3) is 0 Å². The summed E-state index contributed by atoms with van der Waals surface area (Å²) in [5, 5.41) is 12.9.